The molecule has 0 aliphatic carbocycles. The Bertz CT molecular complexity index is 767. The summed E-state index contributed by atoms with van der Waals surface area (Å²) in [5, 5.41) is 17.0. The van der Waals surface area contributed by atoms with Crippen molar-refractivity contribution in [2.75, 3.05) is 12.4 Å². The zero-order valence-electron chi connectivity index (χ0n) is 11.7. The number of aromatic hydroxyl groups is 1. The highest BCUT2D eigenvalue weighted by atomic mass is 16.5. The van der Waals surface area contributed by atoms with Gasteiger partial charge in [-0.25, -0.2) is 4.98 Å². The molecule has 0 radical (unpaired) electrons. The average molecular weight is 285 g/mol. The Labute approximate surface area is 121 Å². The summed E-state index contributed by atoms with van der Waals surface area (Å²) >= 11 is 0. The summed E-state index contributed by atoms with van der Waals surface area (Å²) in [7, 11) is 1.63. The van der Waals surface area contributed by atoms with Crippen molar-refractivity contribution in [3.8, 4) is 11.6 Å². The molecule has 0 spiro atoms. The number of fused-ring (bicyclic) bond motifs is 1. The number of rotatable bonds is 4. The number of hydrogen-bond acceptors (Lipinski definition) is 6. The third kappa shape index (κ3) is 2.71. The average Bonchev–Trinajstić information content (AvgIpc) is 2.89. The number of aromatic nitrogens is 4. The maximum Gasteiger partial charge on any atom is 0.257 e. The molecule has 3 rings (SSSR count). The zero-order chi connectivity index (χ0) is 14.8. The van der Waals surface area contributed by atoms with Crippen LogP contribution in [0.3, 0.4) is 0 Å². The van der Waals surface area contributed by atoms with E-state index in [2.05, 4.69) is 20.4 Å². The maximum atomic E-state index is 9.79. The highest BCUT2D eigenvalue weighted by Gasteiger charge is 2.08. The molecule has 2 heterocycles. The number of hydrogen-bond donors (Lipinski definition) is 2. The quantitative estimate of drug-likeness (QED) is 0.760. The second-order valence-electron chi connectivity index (χ2n) is 4.60. The standard InChI is InChI=1S/C14H15N5O2/c1-9-7-12(20)19-14(16-9)17-13(18-19)15-8-10-3-5-11(21-2)6-4-10/h3-7,20H,8H2,1-2H3,(H,15,18). The SMILES string of the molecule is COc1ccc(CNc2nc3nc(C)cc(O)n3n2)cc1. The topological polar surface area (TPSA) is 84.6 Å². The molecular weight excluding hydrogens is 270 g/mol. The third-order valence-corrected chi connectivity index (χ3v) is 3.03. The van der Waals surface area contributed by atoms with E-state index in [1.807, 2.05) is 24.3 Å². The predicted molar refractivity (Wildman–Crippen MR) is 77.5 cm³/mol. The Morgan fingerprint density at radius 1 is 1.24 bits per heavy atom. The van der Waals surface area contributed by atoms with Crippen LogP contribution in [-0.2, 0) is 6.54 Å². The van der Waals surface area contributed by atoms with Crippen LogP contribution in [-0.4, -0.2) is 31.8 Å². The molecule has 0 amide bonds. The van der Waals surface area contributed by atoms with Gasteiger partial charge in [0, 0.05) is 18.3 Å². The fourth-order valence-electron chi connectivity index (χ4n) is 1.97. The number of aryl methyl sites for hydroxylation is 1. The van der Waals surface area contributed by atoms with Crippen molar-refractivity contribution in [2.45, 2.75) is 13.5 Å². The molecule has 0 aliphatic rings. The van der Waals surface area contributed by atoms with Crippen LogP contribution in [0.2, 0.25) is 0 Å². The van der Waals surface area contributed by atoms with E-state index in [9.17, 15) is 5.11 Å². The van der Waals surface area contributed by atoms with Gasteiger partial charge in [0.15, 0.2) is 0 Å². The van der Waals surface area contributed by atoms with E-state index in [1.165, 1.54) is 10.6 Å². The van der Waals surface area contributed by atoms with Gasteiger partial charge in [-0.3, -0.25) is 0 Å². The van der Waals surface area contributed by atoms with Gasteiger partial charge in [-0.2, -0.15) is 9.50 Å². The number of nitrogens with zero attached hydrogens (tertiary/aromatic N) is 4. The van der Waals surface area contributed by atoms with E-state index in [1.54, 1.807) is 14.0 Å². The summed E-state index contributed by atoms with van der Waals surface area (Å²) in [4.78, 5) is 8.44. The number of anilines is 1. The van der Waals surface area contributed by atoms with Crippen LogP contribution in [0.4, 0.5) is 5.95 Å². The van der Waals surface area contributed by atoms with Crippen LogP contribution in [0.25, 0.3) is 5.78 Å². The van der Waals surface area contributed by atoms with E-state index < -0.39 is 0 Å². The molecule has 2 N–H and O–H groups in total. The van der Waals surface area contributed by atoms with Gasteiger partial charge in [0.25, 0.3) is 5.78 Å². The van der Waals surface area contributed by atoms with E-state index >= 15 is 0 Å². The monoisotopic (exact) mass is 285 g/mol. The van der Waals surface area contributed by atoms with Crippen molar-refractivity contribution >= 4 is 11.7 Å². The molecule has 0 aliphatic heterocycles. The maximum absolute atomic E-state index is 9.79. The molecule has 7 nitrogen and oxygen atoms in total. The molecule has 108 valence electrons. The van der Waals surface area contributed by atoms with Crippen molar-refractivity contribution in [2.24, 2.45) is 0 Å². The fraction of sp³-hybridized carbons (Fsp3) is 0.214. The Kier molecular flexibility index (Phi) is 3.31. The van der Waals surface area contributed by atoms with Crippen LogP contribution in [0.5, 0.6) is 11.6 Å². The molecule has 2 aromatic heterocycles. The molecule has 0 unspecified atom stereocenters. The third-order valence-electron chi connectivity index (χ3n) is 3.03. The Morgan fingerprint density at radius 2 is 2.00 bits per heavy atom. The van der Waals surface area contributed by atoms with Gasteiger partial charge < -0.3 is 15.2 Å². The lowest BCUT2D eigenvalue weighted by atomic mass is 10.2. The largest absolute Gasteiger partial charge is 0.497 e. The highest BCUT2D eigenvalue weighted by molar-refractivity contribution is 5.41. The smallest absolute Gasteiger partial charge is 0.257 e. The zero-order valence-corrected chi connectivity index (χ0v) is 11.7. The van der Waals surface area contributed by atoms with Crippen LogP contribution < -0.4 is 10.1 Å². The molecule has 0 bridgehead atoms. The minimum atomic E-state index is 0.0162. The summed E-state index contributed by atoms with van der Waals surface area (Å²) in [6, 6.07) is 9.24. The minimum absolute atomic E-state index is 0.0162. The van der Waals surface area contributed by atoms with Crippen LogP contribution in [0.15, 0.2) is 30.3 Å². The van der Waals surface area contributed by atoms with E-state index in [0.717, 1.165) is 11.3 Å². The molecular formula is C14H15N5O2. The lowest BCUT2D eigenvalue weighted by molar-refractivity contribution is 0.414. The normalized spacial score (nSPS) is 10.8. The van der Waals surface area contributed by atoms with E-state index in [-0.39, 0.29) is 5.88 Å². The van der Waals surface area contributed by atoms with E-state index in [0.29, 0.717) is 24.0 Å². The van der Waals surface area contributed by atoms with Crippen LogP contribution in [0, 0.1) is 6.92 Å². The highest BCUT2D eigenvalue weighted by Crippen LogP contribution is 2.15. The molecule has 21 heavy (non-hydrogen) atoms. The Hall–Kier alpha value is -2.83. The second kappa shape index (κ2) is 5.28. The van der Waals surface area contributed by atoms with Gasteiger partial charge in [-0.15, -0.1) is 5.10 Å². The van der Waals surface area contributed by atoms with Crippen molar-refractivity contribution in [3.63, 3.8) is 0 Å². The predicted octanol–water partition coefficient (Wildman–Crippen LogP) is 1.76. The fourth-order valence-corrected chi connectivity index (χ4v) is 1.97. The van der Waals surface area contributed by atoms with Gasteiger partial charge in [-0.1, -0.05) is 12.1 Å². The molecule has 0 fully saturated rings. The van der Waals surface area contributed by atoms with Gasteiger partial charge in [0.05, 0.1) is 7.11 Å². The van der Waals surface area contributed by atoms with Gasteiger partial charge in [-0.05, 0) is 24.6 Å². The molecule has 7 heteroatoms. The van der Waals surface area contributed by atoms with Crippen molar-refractivity contribution in [1.82, 2.24) is 19.6 Å². The molecule has 0 saturated carbocycles. The number of nitrogens with one attached hydrogen (secondary N) is 1. The van der Waals surface area contributed by atoms with Gasteiger partial charge >= 0.3 is 0 Å². The first kappa shape index (κ1) is 13.2. The molecule has 0 atom stereocenters. The van der Waals surface area contributed by atoms with Crippen LogP contribution >= 0.6 is 0 Å². The summed E-state index contributed by atoms with van der Waals surface area (Å²) in [6.07, 6.45) is 0. The van der Waals surface area contributed by atoms with Crippen LogP contribution in [0.1, 0.15) is 11.3 Å². The first-order valence-electron chi connectivity index (χ1n) is 6.46. The molecule has 1 aromatic carbocycles. The number of benzene rings is 1. The van der Waals surface area contributed by atoms with Gasteiger partial charge in [0.2, 0.25) is 11.8 Å². The van der Waals surface area contributed by atoms with E-state index in [4.69, 9.17) is 4.74 Å². The summed E-state index contributed by atoms with van der Waals surface area (Å²) in [6.45, 7) is 2.36. The lowest BCUT2D eigenvalue weighted by Crippen LogP contribution is -2.01. The lowest BCUT2D eigenvalue weighted by Gasteiger charge is -2.03. The number of methoxy groups -OCH3 is 1. The summed E-state index contributed by atoms with van der Waals surface area (Å²) < 4.78 is 6.41. The summed E-state index contributed by atoms with van der Waals surface area (Å²) in [5.74, 6) is 1.61. The molecule has 0 saturated heterocycles. The van der Waals surface area contributed by atoms with Gasteiger partial charge in [0.1, 0.15) is 5.75 Å². The first-order valence-corrected chi connectivity index (χ1v) is 6.46. The Balaban J connectivity index is 1.77. The second-order valence-corrected chi connectivity index (χ2v) is 4.60. The van der Waals surface area contributed by atoms with Crippen molar-refractivity contribution < 1.29 is 9.84 Å². The summed E-state index contributed by atoms with van der Waals surface area (Å²) in [5.41, 5.74) is 1.76. The first-order chi connectivity index (χ1) is 10.2. The number of ether oxygens (including phenoxy) is 1. The van der Waals surface area contributed by atoms with Crippen molar-refractivity contribution in [3.05, 3.63) is 41.6 Å². The molecule has 3 aromatic rings. The van der Waals surface area contributed by atoms with Crippen molar-refractivity contribution in [1.29, 1.82) is 0 Å². The Morgan fingerprint density at radius 3 is 2.71 bits per heavy atom. The minimum Gasteiger partial charge on any atom is -0.497 e.